The third-order valence-electron chi connectivity index (χ3n) is 2.57. The Bertz CT molecular complexity index is 189. The van der Waals surface area contributed by atoms with Crippen LogP contribution in [0.4, 0.5) is 0 Å². The Balaban J connectivity index is 2.19. The summed E-state index contributed by atoms with van der Waals surface area (Å²) in [6, 6.07) is 0.187. The smallest absolute Gasteiger partial charge is 0.232 e. The molecule has 0 saturated carbocycles. The van der Waals surface area contributed by atoms with E-state index in [0.717, 1.165) is 18.8 Å². The van der Waals surface area contributed by atoms with Crippen molar-refractivity contribution in [1.29, 1.82) is 0 Å². The second-order valence-electron chi connectivity index (χ2n) is 4.29. The third-order valence-corrected chi connectivity index (χ3v) is 3.78. The standard InChI is InChI=1S/C11H22N2OS/c1-10(12)8-15-9-11(14)13-6-4-2-3-5-7-13/h10H,2-9,12H2,1H3. The van der Waals surface area contributed by atoms with Gasteiger partial charge in [0.2, 0.25) is 5.91 Å². The second kappa shape index (κ2) is 7.12. The Morgan fingerprint density at radius 2 is 1.93 bits per heavy atom. The number of nitrogens with zero attached hydrogens (tertiary/aromatic N) is 1. The first-order valence-electron chi connectivity index (χ1n) is 5.81. The lowest BCUT2D eigenvalue weighted by Gasteiger charge is -2.20. The molecule has 1 atom stereocenters. The maximum Gasteiger partial charge on any atom is 0.232 e. The van der Waals surface area contributed by atoms with Crippen LogP contribution in [0.25, 0.3) is 0 Å². The van der Waals surface area contributed by atoms with E-state index in [-0.39, 0.29) is 6.04 Å². The van der Waals surface area contributed by atoms with Gasteiger partial charge in [0.05, 0.1) is 5.75 Å². The first kappa shape index (κ1) is 12.8. The Hall–Kier alpha value is -0.220. The van der Waals surface area contributed by atoms with E-state index >= 15 is 0 Å². The van der Waals surface area contributed by atoms with Gasteiger partial charge in [0.15, 0.2) is 0 Å². The number of hydrogen-bond donors (Lipinski definition) is 1. The molecular formula is C11H22N2OS. The Morgan fingerprint density at radius 3 is 2.47 bits per heavy atom. The van der Waals surface area contributed by atoms with Gasteiger partial charge < -0.3 is 10.6 Å². The molecule has 0 spiro atoms. The van der Waals surface area contributed by atoms with Gasteiger partial charge in [-0.25, -0.2) is 0 Å². The summed E-state index contributed by atoms with van der Waals surface area (Å²) in [6.07, 6.45) is 4.89. The van der Waals surface area contributed by atoms with Crippen LogP contribution in [0.2, 0.25) is 0 Å². The van der Waals surface area contributed by atoms with Crippen LogP contribution in [0.1, 0.15) is 32.6 Å². The molecule has 88 valence electrons. The molecule has 0 bridgehead atoms. The fourth-order valence-electron chi connectivity index (χ4n) is 1.74. The Morgan fingerprint density at radius 1 is 1.33 bits per heavy atom. The quantitative estimate of drug-likeness (QED) is 0.795. The average molecular weight is 230 g/mol. The molecule has 0 aromatic heterocycles. The van der Waals surface area contributed by atoms with Gasteiger partial charge in [-0.05, 0) is 19.8 Å². The summed E-state index contributed by atoms with van der Waals surface area (Å²) in [6.45, 7) is 3.89. The Labute approximate surface area is 96.8 Å². The zero-order chi connectivity index (χ0) is 11.1. The molecule has 1 amide bonds. The minimum absolute atomic E-state index is 0.187. The number of hydrogen-bond acceptors (Lipinski definition) is 3. The molecule has 0 aliphatic carbocycles. The number of thioether (sulfide) groups is 1. The fraction of sp³-hybridized carbons (Fsp3) is 0.909. The molecule has 1 aliphatic heterocycles. The van der Waals surface area contributed by atoms with E-state index in [0.29, 0.717) is 11.7 Å². The van der Waals surface area contributed by atoms with Gasteiger partial charge in [-0.1, -0.05) is 12.8 Å². The molecule has 2 N–H and O–H groups in total. The van der Waals surface area contributed by atoms with E-state index in [1.54, 1.807) is 11.8 Å². The van der Waals surface area contributed by atoms with Crippen LogP contribution in [-0.4, -0.2) is 41.4 Å². The number of carbonyl (C=O) groups is 1. The van der Waals surface area contributed by atoms with E-state index in [2.05, 4.69) is 0 Å². The van der Waals surface area contributed by atoms with E-state index in [4.69, 9.17) is 5.73 Å². The van der Waals surface area contributed by atoms with E-state index < -0.39 is 0 Å². The van der Waals surface area contributed by atoms with Crippen LogP contribution in [0.3, 0.4) is 0 Å². The van der Waals surface area contributed by atoms with Gasteiger partial charge in [-0.15, -0.1) is 0 Å². The minimum Gasteiger partial charge on any atom is -0.342 e. The van der Waals surface area contributed by atoms with Gasteiger partial charge in [0.1, 0.15) is 0 Å². The topological polar surface area (TPSA) is 46.3 Å². The number of amides is 1. The van der Waals surface area contributed by atoms with E-state index in [1.165, 1.54) is 25.7 Å². The molecule has 1 saturated heterocycles. The highest BCUT2D eigenvalue weighted by Crippen LogP contribution is 2.11. The summed E-state index contributed by atoms with van der Waals surface area (Å²) < 4.78 is 0. The van der Waals surface area contributed by atoms with Gasteiger partial charge in [-0.3, -0.25) is 4.79 Å². The van der Waals surface area contributed by atoms with Crippen molar-refractivity contribution in [2.75, 3.05) is 24.6 Å². The van der Waals surface area contributed by atoms with Gasteiger partial charge >= 0.3 is 0 Å². The molecule has 1 unspecified atom stereocenters. The second-order valence-corrected chi connectivity index (χ2v) is 5.32. The molecule has 0 radical (unpaired) electrons. The normalized spacial score (nSPS) is 19.7. The number of carbonyl (C=O) groups excluding carboxylic acids is 1. The van der Waals surface area contributed by atoms with Crippen LogP contribution in [0, 0.1) is 0 Å². The molecule has 0 aromatic carbocycles. The van der Waals surface area contributed by atoms with Crippen molar-refractivity contribution in [3.63, 3.8) is 0 Å². The van der Waals surface area contributed by atoms with Crippen molar-refractivity contribution < 1.29 is 4.79 Å². The van der Waals surface area contributed by atoms with Crippen LogP contribution in [-0.2, 0) is 4.79 Å². The molecule has 3 nitrogen and oxygen atoms in total. The number of likely N-dealkylation sites (tertiary alicyclic amines) is 1. The van der Waals surface area contributed by atoms with E-state index in [9.17, 15) is 4.79 Å². The fourth-order valence-corrected chi connectivity index (χ4v) is 2.59. The number of rotatable bonds is 4. The highest BCUT2D eigenvalue weighted by molar-refractivity contribution is 7.99. The zero-order valence-electron chi connectivity index (χ0n) is 9.58. The first-order valence-corrected chi connectivity index (χ1v) is 6.96. The predicted octanol–water partition coefficient (Wildman–Crippen LogP) is 1.47. The van der Waals surface area contributed by atoms with Crippen LogP contribution in [0.5, 0.6) is 0 Å². The summed E-state index contributed by atoms with van der Waals surface area (Å²) in [7, 11) is 0. The van der Waals surface area contributed by atoms with Crippen molar-refractivity contribution in [2.45, 2.75) is 38.6 Å². The zero-order valence-corrected chi connectivity index (χ0v) is 10.4. The summed E-state index contributed by atoms with van der Waals surface area (Å²) in [4.78, 5) is 13.8. The number of nitrogens with two attached hydrogens (primary N) is 1. The van der Waals surface area contributed by atoms with Crippen LogP contribution >= 0.6 is 11.8 Å². The average Bonchev–Trinajstić information content (AvgIpc) is 2.44. The Kier molecular flexibility index (Phi) is 6.10. The predicted molar refractivity (Wildman–Crippen MR) is 66.0 cm³/mol. The van der Waals surface area contributed by atoms with Gasteiger partial charge in [-0.2, -0.15) is 11.8 Å². The summed E-state index contributed by atoms with van der Waals surface area (Å²) in [5, 5.41) is 0. The van der Waals surface area contributed by atoms with Crippen molar-refractivity contribution in [3.8, 4) is 0 Å². The molecule has 15 heavy (non-hydrogen) atoms. The van der Waals surface area contributed by atoms with Gasteiger partial charge in [0.25, 0.3) is 0 Å². The monoisotopic (exact) mass is 230 g/mol. The molecule has 1 rings (SSSR count). The first-order chi connectivity index (χ1) is 7.20. The lowest BCUT2D eigenvalue weighted by Crippen LogP contribution is -2.33. The molecule has 4 heteroatoms. The molecule has 1 aliphatic rings. The van der Waals surface area contributed by atoms with Crippen LogP contribution in [0.15, 0.2) is 0 Å². The molecule has 1 fully saturated rings. The molecule has 0 aromatic rings. The van der Waals surface area contributed by atoms with Crippen LogP contribution < -0.4 is 5.73 Å². The van der Waals surface area contributed by atoms with Crippen molar-refractivity contribution in [3.05, 3.63) is 0 Å². The molecular weight excluding hydrogens is 208 g/mol. The largest absolute Gasteiger partial charge is 0.342 e. The van der Waals surface area contributed by atoms with Crippen molar-refractivity contribution >= 4 is 17.7 Å². The lowest BCUT2D eigenvalue weighted by atomic mass is 10.2. The summed E-state index contributed by atoms with van der Waals surface area (Å²) in [5.41, 5.74) is 5.64. The SMILES string of the molecule is CC(N)CSCC(=O)N1CCCCCC1. The maximum absolute atomic E-state index is 11.8. The summed E-state index contributed by atoms with van der Waals surface area (Å²) >= 11 is 1.65. The summed E-state index contributed by atoms with van der Waals surface area (Å²) in [5.74, 6) is 1.77. The lowest BCUT2D eigenvalue weighted by molar-refractivity contribution is -0.128. The minimum atomic E-state index is 0.187. The third kappa shape index (κ3) is 5.42. The molecule has 1 heterocycles. The highest BCUT2D eigenvalue weighted by Gasteiger charge is 2.14. The van der Waals surface area contributed by atoms with E-state index in [1.807, 2.05) is 11.8 Å². The van der Waals surface area contributed by atoms with Gasteiger partial charge in [0, 0.05) is 24.9 Å². The van der Waals surface area contributed by atoms with Crippen molar-refractivity contribution in [2.24, 2.45) is 5.73 Å². The maximum atomic E-state index is 11.8. The highest BCUT2D eigenvalue weighted by atomic mass is 32.2. The van der Waals surface area contributed by atoms with Crippen molar-refractivity contribution in [1.82, 2.24) is 4.90 Å².